The molecule has 0 fully saturated rings. The molecule has 1 atom stereocenters. The number of carbonyl (C=O) groups excluding carboxylic acids is 2. The molecule has 6 nitrogen and oxygen atoms in total. The molecule has 3 aromatic rings. The average Bonchev–Trinajstić information content (AvgIpc) is 3.01. The van der Waals surface area contributed by atoms with Gasteiger partial charge >= 0.3 is 5.97 Å². The normalized spacial score (nSPS) is 11.9. The van der Waals surface area contributed by atoms with Gasteiger partial charge in [0.25, 0.3) is 0 Å². The first kappa shape index (κ1) is 17.5. The van der Waals surface area contributed by atoms with E-state index >= 15 is 0 Å². The molecule has 0 aliphatic carbocycles. The second kappa shape index (κ2) is 7.31. The van der Waals surface area contributed by atoms with Gasteiger partial charge in [-0.1, -0.05) is 30.3 Å². The molecule has 26 heavy (non-hydrogen) atoms. The number of hydrogen-bond donors (Lipinski definition) is 0. The van der Waals surface area contributed by atoms with Crippen LogP contribution in [0.15, 0.2) is 52.9 Å². The maximum Gasteiger partial charge on any atom is 0.342 e. The highest BCUT2D eigenvalue weighted by atomic mass is 16.5. The number of benzene rings is 2. The summed E-state index contributed by atoms with van der Waals surface area (Å²) in [4.78, 5) is 23.4. The van der Waals surface area contributed by atoms with Gasteiger partial charge in [-0.2, -0.15) is 0 Å². The summed E-state index contributed by atoms with van der Waals surface area (Å²) in [6.45, 7) is 3.31. The summed E-state index contributed by atoms with van der Waals surface area (Å²) >= 11 is 0. The third-order valence-corrected chi connectivity index (χ3v) is 3.82. The predicted octanol–water partition coefficient (Wildman–Crippen LogP) is 2.79. The number of carboxylic acids is 1. The summed E-state index contributed by atoms with van der Waals surface area (Å²) in [5.41, 5.74) is 1.48. The van der Waals surface area contributed by atoms with E-state index in [-0.39, 0.29) is 12.2 Å². The maximum atomic E-state index is 12.5. The largest absolute Gasteiger partial charge is 0.546 e. The van der Waals surface area contributed by atoms with E-state index in [4.69, 9.17) is 13.9 Å². The van der Waals surface area contributed by atoms with Gasteiger partial charge in [-0.25, -0.2) is 4.79 Å². The highest BCUT2D eigenvalue weighted by Crippen LogP contribution is 2.36. The molecule has 0 aliphatic rings. The molecule has 0 unspecified atom stereocenters. The fourth-order valence-corrected chi connectivity index (χ4v) is 2.60. The van der Waals surface area contributed by atoms with Gasteiger partial charge in [0.2, 0.25) is 0 Å². The summed E-state index contributed by atoms with van der Waals surface area (Å²) in [6.07, 6.45) is -1.13. The van der Waals surface area contributed by atoms with E-state index in [9.17, 15) is 14.7 Å². The molecule has 0 amide bonds. The molecule has 0 bridgehead atoms. The van der Waals surface area contributed by atoms with Crippen LogP contribution in [0.1, 0.15) is 24.2 Å². The molecule has 0 saturated carbocycles. The number of hydrogen-bond acceptors (Lipinski definition) is 6. The van der Waals surface area contributed by atoms with Crippen LogP contribution >= 0.6 is 0 Å². The third kappa shape index (κ3) is 3.39. The summed E-state index contributed by atoms with van der Waals surface area (Å²) in [5, 5.41) is 11.4. The van der Waals surface area contributed by atoms with Gasteiger partial charge in [0.15, 0.2) is 0 Å². The Hall–Kier alpha value is -3.28. The Bertz CT molecular complexity index is 942. The lowest BCUT2D eigenvalue weighted by molar-refractivity contribution is -0.312. The number of fused-ring (bicyclic) bond motifs is 1. The minimum Gasteiger partial charge on any atom is -0.546 e. The van der Waals surface area contributed by atoms with E-state index in [2.05, 4.69) is 0 Å². The first-order chi connectivity index (χ1) is 12.5. The van der Waals surface area contributed by atoms with Crippen LogP contribution in [-0.2, 0) is 9.53 Å². The molecule has 0 aliphatic heterocycles. The molecule has 2 aromatic carbocycles. The van der Waals surface area contributed by atoms with E-state index in [0.29, 0.717) is 22.5 Å². The van der Waals surface area contributed by atoms with Crippen molar-refractivity contribution in [3.63, 3.8) is 0 Å². The molecule has 3 rings (SSSR count). The van der Waals surface area contributed by atoms with Gasteiger partial charge in [-0.05, 0) is 32.0 Å². The zero-order valence-corrected chi connectivity index (χ0v) is 14.4. The zero-order chi connectivity index (χ0) is 18.7. The first-order valence-corrected chi connectivity index (χ1v) is 8.18. The smallest absolute Gasteiger partial charge is 0.342 e. The van der Waals surface area contributed by atoms with E-state index in [1.807, 2.05) is 30.3 Å². The van der Waals surface area contributed by atoms with Crippen LogP contribution < -0.4 is 9.84 Å². The van der Waals surface area contributed by atoms with Crippen molar-refractivity contribution in [2.45, 2.75) is 20.0 Å². The van der Waals surface area contributed by atoms with Gasteiger partial charge in [-0.3, -0.25) is 0 Å². The third-order valence-electron chi connectivity index (χ3n) is 3.82. The van der Waals surface area contributed by atoms with Crippen molar-refractivity contribution in [2.24, 2.45) is 0 Å². The molecule has 1 aromatic heterocycles. The van der Waals surface area contributed by atoms with Crippen LogP contribution in [0.2, 0.25) is 0 Å². The maximum absolute atomic E-state index is 12.5. The Balaban J connectivity index is 2.14. The number of rotatable bonds is 6. The van der Waals surface area contributed by atoms with Crippen LogP contribution in [-0.4, -0.2) is 24.6 Å². The Morgan fingerprint density at radius 2 is 1.88 bits per heavy atom. The van der Waals surface area contributed by atoms with E-state index in [0.717, 1.165) is 5.56 Å². The van der Waals surface area contributed by atoms with E-state index in [1.165, 1.54) is 6.92 Å². The van der Waals surface area contributed by atoms with Gasteiger partial charge in [0.1, 0.15) is 28.8 Å². The Labute approximate surface area is 149 Å². The van der Waals surface area contributed by atoms with Crippen molar-refractivity contribution in [1.29, 1.82) is 0 Å². The molecule has 0 spiro atoms. The van der Waals surface area contributed by atoms with Crippen molar-refractivity contribution in [1.82, 2.24) is 0 Å². The van der Waals surface area contributed by atoms with E-state index < -0.39 is 18.0 Å². The van der Waals surface area contributed by atoms with Crippen LogP contribution in [0, 0.1) is 0 Å². The minimum atomic E-state index is -1.33. The quantitative estimate of drug-likeness (QED) is 0.633. The first-order valence-electron chi connectivity index (χ1n) is 8.18. The minimum absolute atomic E-state index is 0.220. The fourth-order valence-electron chi connectivity index (χ4n) is 2.60. The standard InChI is InChI=1S/C20H18O6/c1-3-24-20(23)17-15-11-14(25-12(2)19(21)22)9-10-16(15)26-18(17)13-7-5-4-6-8-13/h4-12H,3H2,1-2H3,(H,21,22)/p-1/t12-/m1/s1. The van der Waals surface area contributed by atoms with E-state index in [1.54, 1.807) is 25.1 Å². The molecule has 1 heterocycles. The van der Waals surface area contributed by atoms with Crippen molar-refractivity contribution in [3.05, 3.63) is 54.1 Å². The van der Waals surface area contributed by atoms with Crippen LogP contribution in [0.25, 0.3) is 22.3 Å². The second-order valence-electron chi connectivity index (χ2n) is 5.63. The zero-order valence-electron chi connectivity index (χ0n) is 14.4. The van der Waals surface area contributed by atoms with Gasteiger partial charge < -0.3 is 23.8 Å². The lowest BCUT2D eigenvalue weighted by Crippen LogP contribution is -2.37. The number of furan rings is 1. The number of esters is 1. The SMILES string of the molecule is CCOC(=O)c1c(-c2ccccc2)oc2ccc(O[C@H](C)C(=O)[O-])cc12. The number of ether oxygens (including phenoxy) is 2. The number of aliphatic carboxylic acids is 1. The summed E-state index contributed by atoms with van der Waals surface area (Å²) in [6, 6.07) is 14.0. The lowest BCUT2D eigenvalue weighted by atomic mass is 10.1. The Kier molecular flexibility index (Phi) is 4.93. The monoisotopic (exact) mass is 353 g/mol. The molecular formula is C20H17O6-. The van der Waals surface area contributed by atoms with Crippen LogP contribution in [0.5, 0.6) is 5.75 Å². The van der Waals surface area contributed by atoms with Crippen molar-refractivity contribution < 1.29 is 28.6 Å². The summed E-state index contributed by atoms with van der Waals surface area (Å²) in [5.74, 6) is -1.16. The average molecular weight is 353 g/mol. The fraction of sp³-hybridized carbons (Fsp3) is 0.200. The molecule has 6 heteroatoms. The van der Waals surface area contributed by atoms with Crippen LogP contribution in [0.3, 0.4) is 0 Å². The molecular weight excluding hydrogens is 336 g/mol. The number of carboxylic acid groups (broad SMARTS) is 1. The molecule has 134 valence electrons. The van der Waals surface area contributed by atoms with Gasteiger partial charge in [0.05, 0.1) is 12.6 Å². The molecule has 0 N–H and O–H groups in total. The highest BCUT2D eigenvalue weighted by Gasteiger charge is 2.23. The highest BCUT2D eigenvalue weighted by molar-refractivity contribution is 6.09. The summed E-state index contributed by atoms with van der Waals surface area (Å²) < 4.78 is 16.4. The Morgan fingerprint density at radius 3 is 2.54 bits per heavy atom. The molecule has 0 radical (unpaired) electrons. The van der Waals surface area contributed by atoms with Crippen molar-refractivity contribution in [3.8, 4) is 17.1 Å². The van der Waals surface area contributed by atoms with Crippen molar-refractivity contribution >= 4 is 22.9 Å². The van der Waals surface area contributed by atoms with Gasteiger partial charge in [0, 0.05) is 10.9 Å². The summed E-state index contributed by atoms with van der Waals surface area (Å²) in [7, 11) is 0. The topological polar surface area (TPSA) is 88.8 Å². The Morgan fingerprint density at radius 1 is 1.15 bits per heavy atom. The number of carbonyl (C=O) groups is 2. The molecule has 0 saturated heterocycles. The second-order valence-corrected chi connectivity index (χ2v) is 5.63. The van der Waals surface area contributed by atoms with Gasteiger partial charge in [-0.15, -0.1) is 0 Å². The predicted molar refractivity (Wildman–Crippen MR) is 92.7 cm³/mol. The lowest BCUT2D eigenvalue weighted by Gasteiger charge is -2.15. The van der Waals surface area contributed by atoms with Crippen molar-refractivity contribution in [2.75, 3.05) is 6.61 Å². The van der Waals surface area contributed by atoms with Crippen LogP contribution in [0.4, 0.5) is 0 Å².